The van der Waals surface area contributed by atoms with E-state index in [4.69, 9.17) is 34.5 Å². The summed E-state index contributed by atoms with van der Waals surface area (Å²) in [6.07, 6.45) is 16.2. The van der Waals surface area contributed by atoms with E-state index >= 15 is 0 Å². The van der Waals surface area contributed by atoms with Crippen LogP contribution >= 0.6 is 22.6 Å². The standard InChI is InChI=1S/C35H53IO6Si/c1-7-26(36)24-28-30(42-43(5,6)35(2,3)4)25-31(41-33-20-12-14-22-39-33)34(28)29(40-32-19-11-13-21-38-32)18-15-23-37-27-16-9-8-10-17-27/h1,8-10,16-18,26,28,30-34H,11-15,19-25H2,2-6H3/b29-18+/t26-,28+,30+,31-,32?,33?,34+/m0/s1. The van der Waals surface area contributed by atoms with Gasteiger partial charge in [0.05, 0.1) is 29.3 Å². The van der Waals surface area contributed by atoms with Gasteiger partial charge in [0.25, 0.3) is 0 Å². The molecule has 1 saturated carbocycles. The fourth-order valence-electron chi connectivity index (χ4n) is 6.01. The maximum atomic E-state index is 7.20. The predicted octanol–water partition coefficient (Wildman–Crippen LogP) is 8.65. The van der Waals surface area contributed by atoms with Gasteiger partial charge in [-0.2, -0.15) is 0 Å². The fourth-order valence-corrected chi connectivity index (χ4v) is 7.98. The molecule has 0 aromatic heterocycles. The summed E-state index contributed by atoms with van der Waals surface area (Å²) < 4.78 is 39.2. The Hall–Kier alpha value is -1.09. The van der Waals surface area contributed by atoms with Gasteiger partial charge >= 0.3 is 0 Å². The van der Waals surface area contributed by atoms with E-state index in [1.807, 2.05) is 30.3 Å². The lowest BCUT2D eigenvalue weighted by atomic mass is 9.87. The van der Waals surface area contributed by atoms with Crippen LogP contribution in [0.25, 0.3) is 0 Å². The van der Waals surface area contributed by atoms with Gasteiger partial charge in [-0.3, -0.25) is 0 Å². The van der Waals surface area contributed by atoms with Crippen molar-refractivity contribution in [2.24, 2.45) is 11.8 Å². The molecule has 0 radical (unpaired) electrons. The minimum Gasteiger partial charge on any atom is -0.493 e. The molecule has 43 heavy (non-hydrogen) atoms. The molecule has 0 spiro atoms. The summed E-state index contributed by atoms with van der Waals surface area (Å²) in [4.78, 5) is 0. The third-order valence-electron chi connectivity index (χ3n) is 9.39. The average Bonchev–Trinajstić information content (AvgIpc) is 3.30. The zero-order chi connectivity index (χ0) is 30.9. The predicted molar refractivity (Wildman–Crippen MR) is 183 cm³/mol. The van der Waals surface area contributed by atoms with Crippen molar-refractivity contribution < 1.29 is 28.1 Å². The van der Waals surface area contributed by atoms with Gasteiger partial charge in [-0.15, -0.1) is 6.42 Å². The number of para-hydroxylation sites is 1. The Morgan fingerprint density at radius 3 is 2.33 bits per heavy atom. The van der Waals surface area contributed by atoms with Gasteiger partial charge < -0.3 is 28.1 Å². The Labute approximate surface area is 275 Å². The monoisotopic (exact) mass is 724 g/mol. The normalized spacial score (nSPS) is 29.6. The first-order chi connectivity index (χ1) is 20.6. The van der Waals surface area contributed by atoms with Crippen molar-refractivity contribution in [3.8, 4) is 18.1 Å². The molecule has 3 fully saturated rings. The molecule has 4 rings (SSSR count). The Morgan fingerprint density at radius 2 is 1.72 bits per heavy atom. The molecule has 0 N–H and O–H groups in total. The average molecular weight is 725 g/mol. The first-order valence-corrected chi connectivity index (χ1v) is 20.4. The number of hydrogen-bond acceptors (Lipinski definition) is 6. The highest BCUT2D eigenvalue weighted by atomic mass is 127. The smallest absolute Gasteiger partial charge is 0.199 e. The molecule has 2 unspecified atom stereocenters. The van der Waals surface area contributed by atoms with Crippen molar-refractivity contribution in [1.29, 1.82) is 0 Å². The first-order valence-electron chi connectivity index (χ1n) is 16.3. The highest BCUT2D eigenvalue weighted by molar-refractivity contribution is 14.1. The molecular weight excluding hydrogens is 671 g/mol. The maximum Gasteiger partial charge on any atom is 0.199 e. The fraction of sp³-hybridized carbons (Fsp3) is 0.714. The van der Waals surface area contributed by atoms with E-state index in [2.05, 4.69) is 68.5 Å². The van der Waals surface area contributed by atoms with Crippen molar-refractivity contribution in [2.75, 3.05) is 19.8 Å². The molecule has 3 aliphatic rings. The third kappa shape index (κ3) is 10.2. The zero-order valence-corrected chi connectivity index (χ0v) is 30.1. The van der Waals surface area contributed by atoms with E-state index in [0.717, 1.165) is 76.1 Å². The van der Waals surface area contributed by atoms with Crippen molar-refractivity contribution in [3.05, 3.63) is 42.2 Å². The van der Waals surface area contributed by atoms with Crippen LogP contribution in [0.3, 0.4) is 0 Å². The quantitative estimate of drug-likeness (QED) is 0.0507. The Morgan fingerprint density at radius 1 is 1.05 bits per heavy atom. The van der Waals surface area contributed by atoms with Crippen LogP contribution in [-0.4, -0.2) is 56.9 Å². The summed E-state index contributed by atoms with van der Waals surface area (Å²) in [5.74, 6) is 4.90. The van der Waals surface area contributed by atoms with Gasteiger partial charge in [0.1, 0.15) is 11.5 Å². The topological polar surface area (TPSA) is 55.4 Å². The number of hydrogen-bond donors (Lipinski definition) is 0. The lowest BCUT2D eigenvalue weighted by Crippen LogP contribution is -2.45. The number of benzene rings is 1. The molecule has 2 saturated heterocycles. The summed E-state index contributed by atoms with van der Waals surface area (Å²) in [7, 11) is -2.08. The van der Waals surface area contributed by atoms with E-state index in [1.54, 1.807) is 0 Å². The van der Waals surface area contributed by atoms with E-state index < -0.39 is 8.32 Å². The highest BCUT2D eigenvalue weighted by Crippen LogP contribution is 2.49. The van der Waals surface area contributed by atoms with Gasteiger partial charge in [0.15, 0.2) is 20.9 Å². The van der Waals surface area contributed by atoms with Crippen LogP contribution in [0, 0.1) is 24.2 Å². The summed E-state index contributed by atoms with van der Waals surface area (Å²) >= 11 is 2.40. The van der Waals surface area contributed by atoms with Crippen molar-refractivity contribution >= 4 is 30.9 Å². The van der Waals surface area contributed by atoms with Crippen molar-refractivity contribution in [2.45, 2.75) is 125 Å². The minimum absolute atomic E-state index is 0.0185. The third-order valence-corrected chi connectivity index (χ3v) is 14.8. The van der Waals surface area contributed by atoms with E-state index in [-0.39, 0.29) is 45.6 Å². The lowest BCUT2D eigenvalue weighted by Gasteiger charge is -2.40. The number of halogens is 1. The number of rotatable bonds is 13. The van der Waals surface area contributed by atoms with Crippen LogP contribution in [0.2, 0.25) is 18.1 Å². The molecule has 2 aliphatic heterocycles. The molecule has 1 aromatic rings. The SMILES string of the molecule is C#C[C@H](I)C[C@H]1[C@H](/C(=C\CCOc2ccccc2)OC2CCCCO2)[C@@H](OC2CCCCO2)C[C@H]1O[Si](C)(C)C(C)(C)C. The largest absolute Gasteiger partial charge is 0.493 e. The van der Waals surface area contributed by atoms with Crippen molar-refractivity contribution in [1.82, 2.24) is 0 Å². The second-order valence-corrected chi connectivity index (χ2v) is 19.9. The number of alkyl halides is 1. The van der Waals surface area contributed by atoms with E-state index in [0.29, 0.717) is 13.0 Å². The number of ether oxygens (including phenoxy) is 5. The van der Waals surface area contributed by atoms with E-state index in [9.17, 15) is 0 Å². The van der Waals surface area contributed by atoms with Gasteiger partial charge in [0.2, 0.25) is 0 Å². The van der Waals surface area contributed by atoms with Crippen LogP contribution in [0.4, 0.5) is 0 Å². The Balaban J connectivity index is 1.66. The van der Waals surface area contributed by atoms with Crippen LogP contribution in [-0.2, 0) is 23.4 Å². The van der Waals surface area contributed by atoms with Gasteiger partial charge in [0, 0.05) is 25.4 Å². The molecule has 1 aliphatic carbocycles. The first kappa shape index (κ1) is 34.8. The Kier molecular flexibility index (Phi) is 13.3. The van der Waals surface area contributed by atoms with Crippen LogP contribution in [0.5, 0.6) is 5.75 Å². The van der Waals surface area contributed by atoms with Crippen LogP contribution < -0.4 is 4.74 Å². The second kappa shape index (κ2) is 16.5. The molecule has 6 nitrogen and oxygen atoms in total. The molecular formula is C35H53IO6Si. The molecule has 8 heteroatoms. The molecule has 1 aromatic carbocycles. The summed E-state index contributed by atoms with van der Waals surface area (Å²) in [6, 6.07) is 9.96. The van der Waals surface area contributed by atoms with Gasteiger partial charge in [-0.25, -0.2) is 0 Å². The minimum atomic E-state index is -2.08. The molecule has 2 heterocycles. The molecule has 240 valence electrons. The number of terminal acetylenes is 1. The second-order valence-electron chi connectivity index (χ2n) is 13.7. The van der Waals surface area contributed by atoms with Gasteiger partial charge in [-0.1, -0.05) is 67.5 Å². The maximum absolute atomic E-state index is 7.20. The van der Waals surface area contributed by atoms with Gasteiger partial charge in [-0.05, 0) is 87.2 Å². The summed E-state index contributed by atoms with van der Waals surface area (Å²) in [6.45, 7) is 13.6. The highest BCUT2D eigenvalue weighted by Gasteiger charge is 2.52. The van der Waals surface area contributed by atoms with Crippen LogP contribution in [0.1, 0.15) is 78.6 Å². The lowest BCUT2D eigenvalue weighted by molar-refractivity contribution is -0.201. The molecule has 0 amide bonds. The zero-order valence-electron chi connectivity index (χ0n) is 26.9. The molecule has 0 bridgehead atoms. The van der Waals surface area contributed by atoms with Crippen LogP contribution in [0.15, 0.2) is 42.2 Å². The summed E-state index contributed by atoms with van der Waals surface area (Å²) in [5, 5.41) is 0.0915. The van der Waals surface area contributed by atoms with E-state index in [1.165, 1.54) is 0 Å². The Bertz CT molecular complexity index is 1040. The molecule has 7 atom stereocenters. The summed E-state index contributed by atoms with van der Waals surface area (Å²) in [5.41, 5.74) is 0. The van der Waals surface area contributed by atoms with Crippen molar-refractivity contribution in [3.63, 3.8) is 0 Å².